The second-order valence-electron chi connectivity index (χ2n) is 14.8. The van der Waals surface area contributed by atoms with E-state index in [0.717, 1.165) is 51.0 Å². The average molecular weight is 723 g/mol. The Kier molecular flexibility index (Phi) is 10.0. The van der Waals surface area contributed by atoms with Crippen molar-refractivity contribution in [2.75, 3.05) is 27.9 Å². The highest BCUT2D eigenvalue weighted by molar-refractivity contribution is 6.15. The number of esters is 1. The molecule has 8 nitrogen and oxygen atoms in total. The highest BCUT2D eigenvalue weighted by Gasteiger charge is 2.36. The summed E-state index contributed by atoms with van der Waals surface area (Å²) in [6.45, 7) is 9.01. The maximum atomic E-state index is 14.5. The summed E-state index contributed by atoms with van der Waals surface area (Å²) >= 11 is 0. The van der Waals surface area contributed by atoms with Crippen LogP contribution in [0.5, 0.6) is 17.2 Å². The van der Waals surface area contributed by atoms with Crippen LogP contribution in [-0.2, 0) is 17.7 Å². The monoisotopic (exact) mass is 722 g/mol. The van der Waals surface area contributed by atoms with E-state index < -0.39 is 12.6 Å². The van der Waals surface area contributed by atoms with Crippen molar-refractivity contribution in [1.82, 2.24) is 9.55 Å². The molecule has 1 atom stereocenters. The Labute approximate surface area is 316 Å². The number of ether oxygens (including phenoxy) is 4. The third kappa shape index (κ3) is 6.61. The fraction of sp³-hybridized carbons (Fsp3) is 0.283. The summed E-state index contributed by atoms with van der Waals surface area (Å²) in [5.41, 5.74) is 7.72. The van der Waals surface area contributed by atoms with Crippen molar-refractivity contribution in [3.8, 4) is 28.5 Å². The van der Waals surface area contributed by atoms with Crippen molar-refractivity contribution in [3.05, 3.63) is 119 Å². The van der Waals surface area contributed by atoms with Gasteiger partial charge in [-0.05, 0) is 83.7 Å². The number of para-hydroxylation sites is 2. The number of aryl methyl sites for hydroxylation is 1. The molecule has 0 amide bonds. The minimum absolute atomic E-state index is 0.0871. The molecule has 0 saturated carbocycles. The lowest BCUT2D eigenvalue weighted by Gasteiger charge is -2.36. The molecule has 0 fully saturated rings. The number of Topliss-reactive ketones (excluding diaryl/α,β-unsaturated/α-hetero) is 1. The summed E-state index contributed by atoms with van der Waals surface area (Å²) in [4.78, 5) is 34.0. The largest absolute Gasteiger partial charge is 0.493 e. The van der Waals surface area contributed by atoms with Crippen LogP contribution in [0.25, 0.3) is 44.7 Å². The molecule has 0 spiro atoms. The van der Waals surface area contributed by atoms with E-state index in [9.17, 15) is 9.59 Å². The Morgan fingerprint density at radius 1 is 0.815 bits per heavy atom. The van der Waals surface area contributed by atoms with E-state index in [0.29, 0.717) is 52.2 Å². The lowest BCUT2D eigenvalue weighted by Crippen LogP contribution is -2.29. The molecular formula is C46H46N2O6. The van der Waals surface area contributed by atoms with Gasteiger partial charge in [-0.25, -0.2) is 9.78 Å². The van der Waals surface area contributed by atoms with Crippen molar-refractivity contribution in [3.63, 3.8) is 0 Å². The predicted molar refractivity (Wildman–Crippen MR) is 215 cm³/mol. The molecule has 7 rings (SSSR count). The Balaban J connectivity index is 1.33. The second-order valence-corrected chi connectivity index (χ2v) is 14.8. The van der Waals surface area contributed by atoms with Gasteiger partial charge in [0.15, 0.2) is 18.1 Å². The minimum Gasteiger partial charge on any atom is -0.493 e. The number of hydrogen-bond acceptors (Lipinski definition) is 7. The molecule has 54 heavy (non-hydrogen) atoms. The molecule has 276 valence electrons. The number of hydrogen-bond donors (Lipinski definition) is 0. The van der Waals surface area contributed by atoms with Crippen LogP contribution in [0.1, 0.15) is 71.7 Å². The molecule has 8 heteroatoms. The number of ketones is 1. The quantitative estimate of drug-likeness (QED) is 0.103. The van der Waals surface area contributed by atoms with E-state index >= 15 is 0 Å². The van der Waals surface area contributed by atoms with Crippen molar-refractivity contribution in [1.29, 1.82) is 0 Å². The van der Waals surface area contributed by atoms with E-state index in [4.69, 9.17) is 23.9 Å². The van der Waals surface area contributed by atoms with Crippen molar-refractivity contribution < 1.29 is 28.5 Å². The van der Waals surface area contributed by atoms with E-state index in [2.05, 4.69) is 38.3 Å². The average Bonchev–Trinajstić information content (AvgIpc) is 3.53. The Morgan fingerprint density at radius 2 is 1.46 bits per heavy atom. The summed E-state index contributed by atoms with van der Waals surface area (Å²) in [7, 11) is 4.78. The molecule has 2 aromatic heterocycles. The molecule has 1 aliphatic carbocycles. The predicted octanol–water partition coefficient (Wildman–Crippen LogP) is 10.1. The lowest BCUT2D eigenvalue weighted by atomic mass is 9.69. The number of aromatic nitrogens is 2. The lowest BCUT2D eigenvalue weighted by molar-refractivity contribution is 0.0475. The zero-order valence-electron chi connectivity index (χ0n) is 32.0. The fourth-order valence-corrected chi connectivity index (χ4v) is 7.84. The van der Waals surface area contributed by atoms with Gasteiger partial charge in [-0.2, -0.15) is 0 Å². The summed E-state index contributed by atoms with van der Waals surface area (Å²) in [6.07, 6.45) is 3.47. The van der Waals surface area contributed by atoms with Crippen LogP contribution < -0.4 is 14.2 Å². The van der Waals surface area contributed by atoms with Crippen LogP contribution in [0, 0.1) is 11.3 Å². The highest BCUT2D eigenvalue weighted by atomic mass is 16.5. The Morgan fingerprint density at radius 3 is 2.11 bits per heavy atom. The van der Waals surface area contributed by atoms with Gasteiger partial charge in [0.1, 0.15) is 0 Å². The van der Waals surface area contributed by atoms with Crippen molar-refractivity contribution in [2.24, 2.45) is 11.3 Å². The van der Waals surface area contributed by atoms with Gasteiger partial charge in [-0.15, -0.1) is 0 Å². The van der Waals surface area contributed by atoms with E-state index in [-0.39, 0.29) is 17.1 Å². The van der Waals surface area contributed by atoms with Gasteiger partial charge in [-0.1, -0.05) is 87.5 Å². The van der Waals surface area contributed by atoms with Crippen LogP contribution in [0.2, 0.25) is 0 Å². The molecule has 0 bridgehead atoms. The normalized spacial score (nSPS) is 14.9. The van der Waals surface area contributed by atoms with Gasteiger partial charge >= 0.3 is 5.97 Å². The summed E-state index contributed by atoms with van der Waals surface area (Å²) in [5.74, 6) is 0.990. The second kappa shape index (κ2) is 14.9. The van der Waals surface area contributed by atoms with Crippen LogP contribution >= 0.6 is 0 Å². The first-order valence-corrected chi connectivity index (χ1v) is 18.4. The molecule has 0 aliphatic heterocycles. The number of carbonyl (C=O) groups excluding carboxylic acids is 2. The third-order valence-electron chi connectivity index (χ3n) is 10.6. The van der Waals surface area contributed by atoms with Crippen LogP contribution in [0.4, 0.5) is 0 Å². The minimum atomic E-state index is -0.541. The van der Waals surface area contributed by atoms with E-state index in [1.165, 1.54) is 0 Å². The van der Waals surface area contributed by atoms with E-state index in [1.54, 1.807) is 21.3 Å². The number of fused-ring (bicyclic) bond motifs is 3. The van der Waals surface area contributed by atoms with Crippen molar-refractivity contribution in [2.45, 2.75) is 47.1 Å². The highest BCUT2D eigenvalue weighted by Crippen LogP contribution is 2.46. The zero-order valence-corrected chi connectivity index (χ0v) is 32.0. The standard InChI is InChI=1S/C46H46N2O6/c1-8-48-36-21-15-13-19-33(36)41(43(48)29-16-10-9-11-17-29)37(49)27-54-45(50)40-32-18-12-14-20-35(32)47-42-30(25-31(26-34(40)42)46(2,3)4)22-28-23-38(51-5)44(53-7)39(24-28)52-6/h9-24,31H,8,25-27H2,1-7H3/b30-22-. The first-order valence-electron chi connectivity index (χ1n) is 18.4. The number of rotatable bonds is 10. The molecule has 1 aliphatic rings. The van der Waals surface area contributed by atoms with Crippen molar-refractivity contribution >= 4 is 45.2 Å². The first-order chi connectivity index (χ1) is 26.1. The molecule has 1 unspecified atom stereocenters. The van der Waals surface area contributed by atoms with Gasteiger partial charge in [0, 0.05) is 22.8 Å². The van der Waals surface area contributed by atoms with Gasteiger partial charge in [0.25, 0.3) is 0 Å². The molecule has 0 N–H and O–H groups in total. The van der Waals surface area contributed by atoms with E-state index in [1.807, 2.05) is 91.0 Å². The van der Waals surface area contributed by atoms with Gasteiger partial charge in [-0.3, -0.25) is 4.79 Å². The fourth-order valence-electron chi connectivity index (χ4n) is 7.84. The maximum absolute atomic E-state index is 14.5. The van der Waals surface area contributed by atoms with Gasteiger partial charge < -0.3 is 23.5 Å². The summed E-state index contributed by atoms with van der Waals surface area (Å²) < 4.78 is 25.1. The smallest absolute Gasteiger partial charge is 0.339 e. The number of nitrogens with zero attached hydrogens (tertiary/aromatic N) is 2. The summed E-state index contributed by atoms with van der Waals surface area (Å²) in [6, 6.07) is 29.3. The Bertz CT molecular complexity index is 2390. The van der Waals surface area contributed by atoms with Gasteiger partial charge in [0.05, 0.1) is 49.4 Å². The summed E-state index contributed by atoms with van der Waals surface area (Å²) in [5, 5.41) is 1.53. The third-order valence-corrected chi connectivity index (χ3v) is 10.6. The number of benzene rings is 4. The maximum Gasteiger partial charge on any atom is 0.339 e. The SMILES string of the molecule is CCn1c(-c2ccccc2)c(C(=O)COC(=O)c2c3c(nc4ccccc24)/C(=C\c2cc(OC)c(OC)c(OC)c2)CC(C(C)(C)C)C3)c2ccccc21. The molecule has 2 heterocycles. The number of pyridine rings is 1. The van der Waals surface area contributed by atoms with Crippen LogP contribution in [-0.4, -0.2) is 49.2 Å². The molecule has 4 aromatic carbocycles. The molecular weight excluding hydrogens is 677 g/mol. The molecule has 0 saturated heterocycles. The number of carbonyl (C=O) groups is 2. The molecule has 0 radical (unpaired) electrons. The van der Waals surface area contributed by atoms with Crippen LogP contribution in [0.3, 0.4) is 0 Å². The molecule has 6 aromatic rings. The zero-order chi connectivity index (χ0) is 38.1. The number of methoxy groups -OCH3 is 3. The number of allylic oxidation sites excluding steroid dienone is 1. The van der Waals surface area contributed by atoms with Gasteiger partial charge in [0.2, 0.25) is 11.5 Å². The Hall–Kier alpha value is -5.89. The first kappa shape index (κ1) is 36.5. The van der Waals surface area contributed by atoms with Crippen LogP contribution in [0.15, 0.2) is 91.0 Å². The topological polar surface area (TPSA) is 88.9 Å².